The fourth-order valence-corrected chi connectivity index (χ4v) is 1.44. The summed E-state index contributed by atoms with van der Waals surface area (Å²) >= 11 is 0. The molecule has 3 nitrogen and oxygen atoms in total. The highest BCUT2D eigenvalue weighted by Crippen LogP contribution is 2.05. The minimum Gasteiger partial charge on any atom is -0.395 e. The van der Waals surface area contributed by atoms with E-state index in [0.717, 1.165) is 12.2 Å². The number of rotatable bonds is 5. The third kappa shape index (κ3) is 3.61. The summed E-state index contributed by atoms with van der Waals surface area (Å²) < 4.78 is 0. The van der Waals surface area contributed by atoms with E-state index in [9.17, 15) is 0 Å². The van der Waals surface area contributed by atoms with Crippen LogP contribution in [0.2, 0.25) is 0 Å². The zero-order chi connectivity index (χ0) is 11.3. The first-order valence-corrected chi connectivity index (χ1v) is 5.40. The van der Waals surface area contributed by atoms with E-state index in [2.05, 4.69) is 24.1 Å². The first kappa shape index (κ1) is 12.1. The molecule has 0 saturated heterocycles. The third-order valence-corrected chi connectivity index (χ3v) is 2.65. The van der Waals surface area contributed by atoms with Crippen LogP contribution >= 0.6 is 0 Å². The molecule has 0 aliphatic carbocycles. The predicted molar refractivity (Wildman–Crippen MR) is 61.5 cm³/mol. The Morgan fingerprint density at radius 3 is 2.73 bits per heavy atom. The molecule has 3 heteroatoms. The Morgan fingerprint density at radius 2 is 2.20 bits per heavy atom. The smallest absolute Gasteiger partial charge is 0.0587 e. The van der Waals surface area contributed by atoms with Crippen LogP contribution in [0.5, 0.6) is 0 Å². The van der Waals surface area contributed by atoms with E-state index in [1.165, 1.54) is 5.56 Å². The van der Waals surface area contributed by atoms with Crippen molar-refractivity contribution in [1.82, 2.24) is 10.3 Å². The lowest BCUT2D eigenvalue weighted by Crippen LogP contribution is -2.36. The summed E-state index contributed by atoms with van der Waals surface area (Å²) in [7, 11) is 0. The van der Waals surface area contributed by atoms with Gasteiger partial charge in [0, 0.05) is 18.8 Å². The second-order valence-corrected chi connectivity index (χ2v) is 4.18. The molecule has 0 saturated carbocycles. The molecule has 0 fully saturated rings. The van der Waals surface area contributed by atoms with E-state index in [1.54, 1.807) is 6.20 Å². The SMILES string of the molecule is Cc1cccnc1CNC(CO)C(C)C. The van der Waals surface area contributed by atoms with Crippen molar-refractivity contribution in [3.8, 4) is 0 Å². The number of aryl methyl sites for hydroxylation is 1. The fraction of sp³-hybridized carbons (Fsp3) is 0.583. The summed E-state index contributed by atoms with van der Waals surface area (Å²) in [5.74, 6) is 0.430. The molecule has 1 rings (SSSR count). The van der Waals surface area contributed by atoms with Crippen molar-refractivity contribution in [2.24, 2.45) is 5.92 Å². The molecule has 0 aliphatic heterocycles. The van der Waals surface area contributed by atoms with E-state index in [-0.39, 0.29) is 12.6 Å². The maximum Gasteiger partial charge on any atom is 0.0587 e. The molecule has 1 aromatic heterocycles. The number of aromatic nitrogens is 1. The molecule has 0 bridgehead atoms. The van der Waals surface area contributed by atoms with Crippen molar-refractivity contribution >= 4 is 0 Å². The monoisotopic (exact) mass is 208 g/mol. The van der Waals surface area contributed by atoms with Crippen LogP contribution in [0.15, 0.2) is 18.3 Å². The maximum atomic E-state index is 9.16. The molecule has 84 valence electrons. The Labute approximate surface area is 91.5 Å². The third-order valence-electron chi connectivity index (χ3n) is 2.65. The summed E-state index contributed by atoms with van der Waals surface area (Å²) in [5.41, 5.74) is 2.24. The minimum absolute atomic E-state index is 0.145. The van der Waals surface area contributed by atoms with Crippen molar-refractivity contribution in [3.05, 3.63) is 29.6 Å². The van der Waals surface area contributed by atoms with Gasteiger partial charge in [0.1, 0.15) is 0 Å². The number of nitrogens with one attached hydrogen (secondary N) is 1. The molecule has 0 amide bonds. The van der Waals surface area contributed by atoms with Crippen LogP contribution in [0.4, 0.5) is 0 Å². The lowest BCUT2D eigenvalue weighted by molar-refractivity contribution is 0.209. The van der Waals surface area contributed by atoms with Crippen LogP contribution in [-0.2, 0) is 6.54 Å². The molecule has 0 aliphatic rings. The summed E-state index contributed by atoms with van der Waals surface area (Å²) in [6, 6.07) is 4.13. The van der Waals surface area contributed by atoms with Crippen LogP contribution in [0.25, 0.3) is 0 Å². The van der Waals surface area contributed by atoms with Crippen LogP contribution in [0.1, 0.15) is 25.1 Å². The number of aliphatic hydroxyl groups is 1. The summed E-state index contributed by atoms with van der Waals surface area (Å²) in [6.45, 7) is 7.13. The quantitative estimate of drug-likeness (QED) is 0.770. The van der Waals surface area contributed by atoms with Gasteiger partial charge in [0.25, 0.3) is 0 Å². The van der Waals surface area contributed by atoms with Gasteiger partial charge in [0.2, 0.25) is 0 Å². The predicted octanol–water partition coefficient (Wildman–Crippen LogP) is 1.50. The zero-order valence-corrected chi connectivity index (χ0v) is 9.70. The molecule has 1 aromatic rings. The zero-order valence-electron chi connectivity index (χ0n) is 9.70. The molecule has 0 spiro atoms. The van der Waals surface area contributed by atoms with Gasteiger partial charge < -0.3 is 10.4 Å². The first-order chi connectivity index (χ1) is 7.15. The van der Waals surface area contributed by atoms with Gasteiger partial charge in [0.15, 0.2) is 0 Å². The molecule has 0 aromatic carbocycles. The van der Waals surface area contributed by atoms with E-state index < -0.39 is 0 Å². The van der Waals surface area contributed by atoms with Crippen LogP contribution in [0.3, 0.4) is 0 Å². The van der Waals surface area contributed by atoms with E-state index in [1.807, 2.05) is 19.1 Å². The van der Waals surface area contributed by atoms with Crippen LogP contribution < -0.4 is 5.32 Å². The fourth-order valence-electron chi connectivity index (χ4n) is 1.44. The highest BCUT2D eigenvalue weighted by Gasteiger charge is 2.11. The lowest BCUT2D eigenvalue weighted by Gasteiger charge is -2.20. The highest BCUT2D eigenvalue weighted by molar-refractivity contribution is 5.17. The maximum absolute atomic E-state index is 9.16. The van der Waals surface area contributed by atoms with Gasteiger partial charge in [-0.15, -0.1) is 0 Å². The van der Waals surface area contributed by atoms with Gasteiger partial charge in [-0.2, -0.15) is 0 Å². The molecule has 1 unspecified atom stereocenters. The average molecular weight is 208 g/mol. The Balaban J connectivity index is 2.53. The minimum atomic E-state index is 0.145. The summed E-state index contributed by atoms with van der Waals surface area (Å²) in [6.07, 6.45) is 1.80. The summed E-state index contributed by atoms with van der Waals surface area (Å²) in [4.78, 5) is 4.30. The van der Waals surface area contributed by atoms with Gasteiger partial charge in [-0.3, -0.25) is 4.98 Å². The van der Waals surface area contributed by atoms with Crippen molar-refractivity contribution in [2.75, 3.05) is 6.61 Å². The molecular weight excluding hydrogens is 188 g/mol. The Kier molecular flexibility index (Phi) is 4.72. The topological polar surface area (TPSA) is 45.2 Å². The Hall–Kier alpha value is -0.930. The molecular formula is C12H20N2O. The summed E-state index contributed by atoms with van der Waals surface area (Å²) in [5, 5.41) is 12.5. The normalized spacial score (nSPS) is 13.1. The largest absolute Gasteiger partial charge is 0.395 e. The molecule has 2 N–H and O–H groups in total. The van der Waals surface area contributed by atoms with Crippen molar-refractivity contribution in [1.29, 1.82) is 0 Å². The van der Waals surface area contributed by atoms with Gasteiger partial charge in [0.05, 0.1) is 12.3 Å². The van der Waals surface area contributed by atoms with E-state index in [0.29, 0.717) is 5.92 Å². The standard InChI is InChI=1S/C12H20N2O/c1-9(2)12(8-15)14-7-11-10(3)5-4-6-13-11/h4-6,9,12,14-15H,7-8H2,1-3H3. The number of hydrogen-bond donors (Lipinski definition) is 2. The number of hydrogen-bond acceptors (Lipinski definition) is 3. The van der Waals surface area contributed by atoms with Crippen molar-refractivity contribution < 1.29 is 5.11 Å². The molecule has 1 heterocycles. The van der Waals surface area contributed by atoms with Crippen LogP contribution in [0, 0.1) is 12.8 Å². The van der Waals surface area contributed by atoms with Gasteiger partial charge in [-0.1, -0.05) is 19.9 Å². The molecule has 0 radical (unpaired) electrons. The van der Waals surface area contributed by atoms with Gasteiger partial charge in [-0.25, -0.2) is 0 Å². The number of aliphatic hydroxyl groups excluding tert-OH is 1. The second kappa shape index (κ2) is 5.83. The molecule has 1 atom stereocenters. The number of nitrogens with zero attached hydrogens (tertiary/aromatic N) is 1. The van der Waals surface area contributed by atoms with E-state index >= 15 is 0 Å². The van der Waals surface area contributed by atoms with Gasteiger partial charge >= 0.3 is 0 Å². The lowest BCUT2D eigenvalue weighted by atomic mass is 10.1. The van der Waals surface area contributed by atoms with Crippen molar-refractivity contribution in [3.63, 3.8) is 0 Å². The van der Waals surface area contributed by atoms with E-state index in [4.69, 9.17) is 5.11 Å². The molecule has 15 heavy (non-hydrogen) atoms. The Bertz CT molecular complexity index is 299. The van der Waals surface area contributed by atoms with Gasteiger partial charge in [-0.05, 0) is 24.5 Å². The second-order valence-electron chi connectivity index (χ2n) is 4.18. The van der Waals surface area contributed by atoms with Crippen LogP contribution in [-0.4, -0.2) is 22.7 Å². The average Bonchev–Trinajstić information content (AvgIpc) is 2.21. The van der Waals surface area contributed by atoms with Crippen molar-refractivity contribution in [2.45, 2.75) is 33.4 Å². The number of pyridine rings is 1. The first-order valence-electron chi connectivity index (χ1n) is 5.40. The Morgan fingerprint density at radius 1 is 1.47 bits per heavy atom. The highest BCUT2D eigenvalue weighted by atomic mass is 16.3.